The number of oxazole rings is 1. The number of nitrogens with zero attached hydrogens (tertiary/aromatic N) is 2. The number of anilines is 1. The summed E-state index contributed by atoms with van der Waals surface area (Å²) in [6, 6.07) is 9.59. The van der Waals surface area contributed by atoms with E-state index in [0.29, 0.717) is 24.1 Å². The van der Waals surface area contributed by atoms with Crippen molar-refractivity contribution in [3.8, 4) is 23.3 Å². The Morgan fingerprint density at radius 1 is 1.20 bits per heavy atom. The molecule has 6 heteroatoms. The van der Waals surface area contributed by atoms with Crippen LogP contribution in [-0.4, -0.2) is 37.8 Å². The minimum absolute atomic E-state index is 0.291. The van der Waals surface area contributed by atoms with Crippen molar-refractivity contribution in [1.82, 2.24) is 4.98 Å². The van der Waals surface area contributed by atoms with E-state index >= 15 is 0 Å². The van der Waals surface area contributed by atoms with Gasteiger partial charge in [0.1, 0.15) is 11.8 Å². The van der Waals surface area contributed by atoms with E-state index in [1.54, 1.807) is 4.90 Å². The maximum atomic E-state index is 9.28. The van der Waals surface area contributed by atoms with Crippen LogP contribution in [0.4, 0.5) is 5.88 Å². The molecule has 1 aromatic carbocycles. The molecule has 2 rings (SSSR count). The zero-order chi connectivity index (χ0) is 18.1. The second kappa shape index (κ2) is 9.70. The van der Waals surface area contributed by atoms with Crippen LogP contribution in [0.3, 0.4) is 0 Å². The number of nitrogens with one attached hydrogen (secondary N) is 2. The van der Waals surface area contributed by atoms with E-state index in [9.17, 15) is 5.26 Å². The van der Waals surface area contributed by atoms with Gasteiger partial charge in [0, 0.05) is 18.5 Å². The lowest BCUT2D eigenvalue weighted by molar-refractivity contribution is -0.896. The van der Waals surface area contributed by atoms with Crippen LogP contribution in [0.25, 0.3) is 11.5 Å². The summed E-state index contributed by atoms with van der Waals surface area (Å²) in [5, 5.41) is 12.5. The summed E-state index contributed by atoms with van der Waals surface area (Å²) in [4.78, 5) is 5.85. The molecule has 0 radical (unpaired) electrons. The Balaban J connectivity index is 2.00. The van der Waals surface area contributed by atoms with Gasteiger partial charge >= 0.3 is 0 Å². The maximum Gasteiger partial charge on any atom is 0.232 e. The molecule has 2 N–H and O–H groups in total. The smallest absolute Gasteiger partial charge is 0.232 e. The second-order valence-corrected chi connectivity index (χ2v) is 5.75. The van der Waals surface area contributed by atoms with Gasteiger partial charge in [-0.15, -0.1) is 0 Å². The SMILES string of the molecule is CCOc1ccc(-c2nc(C#N)c(NCCC[NH+](CC)CC)o2)cc1. The molecule has 0 bridgehead atoms. The highest BCUT2D eigenvalue weighted by Gasteiger charge is 2.14. The number of quaternary nitrogens is 1. The number of hydrogen-bond acceptors (Lipinski definition) is 5. The van der Waals surface area contributed by atoms with E-state index in [0.717, 1.165) is 43.9 Å². The van der Waals surface area contributed by atoms with Crippen LogP contribution < -0.4 is 15.0 Å². The average Bonchev–Trinajstić information content (AvgIpc) is 3.06. The molecule has 0 saturated heterocycles. The van der Waals surface area contributed by atoms with Crippen molar-refractivity contribution in [3.63, 3.8) is 0 Å². The number of benzene rings is 1. The standard InChI is InChI=1S/C19H26N4O2/c1-4-23(5-2)13-7-12-21-19-17(14-20)22-18(25-19)15-8-10-16(11-9-15)24-6-3/h8-11,21H,4-7,12-13H2,1-3H3/p+1. The maximum absolute atomic E-state index is 9.28. The Kier molecular flexibility index (Phi) is 7.30. The molecule has 0 aliphatic carbocycles. The van der Waals surface area contributed by atoms with Gasteiger partial charge < -0.3 is 19.4 Å². The van der Waals surface area contributed by atoms with Gasteiger partial charge in [-0.2, -0.15) is 10.2 Å². The summed E-state index contributed by atoms with van der Waals surface area (Å²) < 4.78 is 11.2. The Labute approximate surface area is 149 Å². The number of nitriles is 1. The number of hydrogen-bond donors (Lipinski definition) is 2. The summed E-state index contributed by atoms with van der Waals surface area (Å²) >= 11 is 0. The predicted octanol–water partition coefficient (Wildman–Crippen LogP) is 2.34. The van der Waals surface area contributed by atoms with Crippen molar-refractivity contribution in [2.45, 2.75) is 27.2 Å². The quantitative estimate of drug-likeness (QED) is 0.648. The zero-order valence-corrected chi connectivity index (χ0v) is 15.3. The molecule has 2 aromatic rings. The minimum Gasteiger partial charge on any atom is -0.494 e. The van der Waals surface area contributed by atoms with Crippen molar-refractivity contribution in [2.75, 3.05) is 38.1 Å². The van der Waals surface area contributed by atoms with Crippen molar-refractivity contribution in [3.05, 3.63) is 30.0 Å². The molecule has 0 fully saturated rings. The summed E-state index contributed by atoms with van der Waals surface area (Å²) in [5.74, 6) is 1.69. The fourth-order valence-electron chi connectivity index (χ4n) is 2.64. The Morgan fingerprint density at radius 2 is 1.92 bits per heavy atom. The normalized spacial score (nSPS) is 10.7. The predicted molar refractivity (Wildman–Crippen MR) is 97.8 cm³/mol. The van der Waals surface area contributed by atoms with Gasteiger partial charge in [0.2, 0.25) is 17.5 Å². The Hall–Kier alpha value is -2.52. The van der Waals surface area contributed by atoms with Crippen molar-refractivity contribution in [1.29, 1.82) is 5.26 Å². The fraction of sp³-hybridized carbons (Fsp3) is 0.474. The lowest BCUT2D eigenvalue weighted by Gasteiger charge is -2.14. The zero-order valence-electron chi connectivity index (χ0n) is 15.3. The third-order valence-electron chi connectivity index (χ3n) is 4.14. The number of ether oxygens (including phenoxy) is 1. The number of rotatable bonds is 10. The summed E-state index contributed by atoms with van der Waals surface area (Å²) in [6.07, 6.45) is 1.01. The first-order valence-corrected chi connectivity index (χ1v) is 8.93. The summed E-state index contributed by atoms with van der Waals surface area (Å²) in [5.41, 5.74) is 1.11. The molecule has 25 heavy (non-hydrogen) atoms. The lowest BCUT2D eigenvalue weighted by Crippen LogP contribution is -3.11. The number of aromatic nitrogens is 1. The van der Waals surface area contributed by atoms with E-state index in [-0.39, 0.29) is 0 Å². The van der Waals surface area contributed by atoms with Gasteiger partial charge in [0.15, 0.2) is 0 Å². The van der Waals surface area contributed by atoms with Gasteiger partial charge in [0.25, 0.3) is 0 Å². The third kappa shape index (κ3) is 5.23. The van der Waals surface area contributed by atoms with Crippen LogP contribution in [0, 0.1) is 11.3 Å². The van der Waals surface area contributed by atoms with E-state index in [1.807, 2.05) is 31.2 Å². The van der Waals surface area contributed by atoms with Crippen LogP contribution in [0.1, 0.15) is 32.9 Å². The monoisotopic (exact) mass is 343 g/mol. The molecule has 0 aliphatic rings. The molecule has 0 atom stereocenters. The van der Waals surface area contributed by atoms with Crippen LogP contribution in [0.5, 0.6) is 5.75 Å². The van der Waals surface area contributed by atoms with E-state index in [2.05, 4.69) is 30.2 Å². The molecule has 1 aromatic heterocycles. The summed E-state index contributed by atoms with van der Waals surface area (Å²) in [6.45, 7) is 11.1. The average molecular weight is 343 g/mol. The van der Waals surface area contributed by atoms with Gasteiger partial charge in [-0.1, -0.05) is 0 Å². The van der Waals surface area contributed by atoms with Gasteiger partial charge in [-0.05, 0) is 45.0 Å². The summed E-state index contributed by atoms with van der Waals surface area (Å²) in [7, 11) is 0. The highest BCUT2D eigenvalue weighted by Crippen LogP contribution is 2.26. The first-order chi connectivity index (χ1) is 12.2. The molecule has 0 spiro atoms. The van der Waals surface area contributed by atoms with E-state index in [1.165, 1.54) is 0 Å². The fourth-order valence-corrected chi connectivity index (χ4v) is 2.64. The first kappa shape index (κ1) is 18.8. The van der Waals surface area contributed by atoms with Crippen molar-refractivity contribution < 1.29 is 14.1 Å². The largest absolute Gasteiger partial charge is 0.494 e. The van der Waals surface area contributed by atoms with E-state index in [4.69, 9.17) is 9.15 Å². The highest BCUT2D eigenvalue weighted by molar-refractivity contribution is 5.59. The molecular weight excluding hydrogens is 316 g/mol. The molecular formula is C19H27N4O2+. The van der Waals surface area contributed by atoms with Crippen LogP contribution in [0.15, 0.2) is 28.7 Å². The van der Waals surface area contributed by atoms with Gasteiger partial charge in [0.05, 0.1) is 26.2 Å². The van der Waals surface area contributed by atoms with Crippen molar-refractivity contribution in [2.24, 2.45) is 0 Å². The van der Waals surface area contributed by atoms with Crippen LogP contribution in [-0.2, 0) is 0 Å². The Morgan fingerprint density at radius 3 is 2.52 bits per heavy atom. The van der Waals surface area contributed by atoms with E-state index < -0.39 is 0 Å². The lowest BCUT2D eigenvalue weighted by atomic mass is 10.2. The topological polar surface area (TPSA) is 75.5 Å². The van der Waals surface area contributed by atoms with Crippen LogP contribution >= 0.6 is 0 Å². The molecule has 0 unspecified atom stereocenters. The van der Waals surface area contributed by atoms with Crippen LogP contribution in [0.2, 0.25) is 0 Å². The minimum atomic E-state index is 0.291. The third-order valence-corrected chi connectivity index (χ3v) is 4.14. The second-order valence-electron chi connectivity index (χ2n) is 5.75. The van der Waals surface area contributed by atoms with Crippen molar-refractivity contribution >= 4 is 5.88 Å². The molecule has 0 amide bonds. The van der Waals surface area contributed by atoms with Gasteiger partial charge in [-0.25, -0.2) is 0 Å². The molecule has 0 aliphatic heterocycles. The molecule has 6 nitrogen and oxygen atoms in total. The molecule has 1 heterocycles. The molecule has 134 valence electrons. The molecule has 0 saturated carbocycles. The first-order valence-electron chi connectivity index (χ1n) is 8.93. The highest BCUT2D eigenvalue weighted by atomic mass is 16.5. The van der Waals surface area contributed by atoms with Gasteiger partial charge in [-0.3, -0.25) is 0 Å². The Bertz CT molecular complexity index is 684.